The Balaban J connectivity index is 3.88. The molecule has 0 spiro atoms. The molecule has 0 aliphatic carbocycles. The summed E-state index contributed by atoms with van der Waals surface area (Å²) in [6.45, 7) is 3.76. The van der Waals surface area contributed by atoms with E-state index in [0.717, 1.165) is 4.90 Å². The third kappa shape index (κ3) is 9.00. The molecule has 0 unspecified atom stereocenters. The number of aliphatic hydroxyl groups excluding tert-OH is 1. The SMILES string of the molecule is CC(C)NCCCC(=O)N(CCO)CC(F)F. The number of alkyl halides is 2. The first-order valence-electron chi connectivity index (χ1n) is 5.87. The van der Waals surface area contributed by atoms with Gasteiger partial charge in [-0.15, -0.1) is 0 Å². The monoisotopic (exact) mass is 252 g/mol. The number of hydrogen-bond donors (Lipinski definition) is 2. The standard InChI is InChI=1S/C11H22F2N2O2/c1-9(2)14-5-3-4-11(17)15(6-7-16)8-10(12)13/h9-10,14,16H,3-8H2,1-2H3. The summed E-state index contributed by atoms with van der Waals surface area (Å²) >= 11 is 0. The second-order valence-electron chi connectivity index (χ2n) is 4.17. The molecule has 0 rings (SSSR count). The molecule has 4 nitrogen and oxygen atoms in total. The zero-order valence-corrected chi connectivity index (χ0v) is 10.5. The van der Waals surface area contributed by atoms with E-state index in [4.69, 9.17) is 5.11 Å². The van der Waals surface area contributed by atoms with Crippen LogP contribution in [0.1, 0.15) is 26.7 Å². The molecule has 0 fully saturated rings. The molecule has 1 amide bonds. The molecule has 0 radical (unpaired) electrons. The average Bonchev–Trinajstić information content (AvgIpc) is 2.22. The van der Waals surface area contributed by atoms with Gasteiger partial charge in [0, 0.05) is 19.0 Å². The van der Waals surface area contributed by atoms with Crippen molar-refractivity contribution >= 4 is 5.91 Å². The van der Waals surface area contributed by atoms with Crippen molar-refractivity contribution in [2.24, 2.45) is 0 Å². The van der Waals surface area contributed by atoms with Gasteiger partial charge < -0.3 is 15.3 Å². The maximum atomic E-state index is 12.2. The number of amides is 1. The first-order chi connectivity index (χ1) is 7.97. The van der Waals surface area contributed by atoms with Gasteiger partial charge >= 0.3 is 0 Å². The Kier molecular flexibility index (Phi) is 8.89. The van der Waals surface area contributed by atoms with Gasteiger partial charge in [0.1, 0.15) is 0 Å². The van der Waals surface area contributed by atoms with Crippen LogP contribution >= 0.6 is 0 Å². The van der Waals surface area contributed by atoms with Crippen LogP contribution in [-0.4, -0.2) is 54.6 Å². The average molecular weight is 252 g/mol. The molecule has 0 aromatic carbocycles. The minimum Gasteiger partial charge on any atom is -0.395 e. The van der Waals surface area contributed by atoms with E-state index in [1.165, 1.54) is 0 Å². The Morgan fingerprint density at radius 1 is 1.41 bits per heavy atom. The predicted molar refractivity (Wildman–Crippen MR) is 62.0 cm³/mol. The summed E-state index contributed by atoms with van der Waals surface area (Å²) in [4.78, 5) is 12.6. The van der Waals surface area contributed by atoms with Crippen LogP contribution in [0.3, 0.4) is 0 Å². The van der Waals surface area contributed by atoms with Crippen LogP contribution in [0.2, 0.25) is 0 Å². The Morgan fingerprint density at radius 3 is 2.53 bits per heavy atom. The Bertz CT molecular complexity index is 214. The Hall–Kier alpha value is -0.750. The highest BCUT2D eigenvalue weighted by Crippen LogP contribution is 2.02. The second-order valence-corrected chi connectivity index (χ2v) is 4.17. The van der Waals surface area contributed by atoms with E-state index in [-0.39, 0.29) is 25.5 Å². The molecule has 2 N–H and O–H groups in total. The molecule has 0 aromatic heterocycles. The summed E-state index contributed by atoms with van der Waals surface area (Å²) < 4.78 is 24.3. The van der Waals surface area contributed by atoms with E-state index in [2.05, 4.69) is 5.32 Å². The van der Waals surface area contributed by atoms with Crippen molar-refractivity contribution in [3.8, 4) is 0 Å². The van der Waals surface area contributed by atoms with Crippen LogP contribution in [0.15, 0.2) is 0 Å². The number of hydrogen-bond acceptors (Lipinski definition) is 3. The summed E-state index contributed by atoms with van der Waals surface area (Å²) in [5.41, 5.74) is 0. The number of nitrogens with zero attached hydrogens (tertiary/aromatic N) is 1. The molecule has 102 valence electrons. The summed E-state index contributed by atoms with van der Waals surface area (Å²) in [6.07, 6.45) is -1.71. The summed E-state index contributed by atoms with van der Waals surface area (Å²) in [5, 5.41) is 11.8. The van der Waals surface area contributed by atoms with Crippen molar-refractivity contribution in [3.05, 3.63) is 0 Å². The van der Waals surface area contributed by atoms with Crippen LogP contribution in [0, 0.1) is 0 Å². The molecule has 17 heavy (non-hydrogen) atoms. The van der Waals surface area contributed by atoms with E-state index in [1.807, 2.05) is 13.8 Å². The predicted octanol–water partition coefficient (Wildman–Crippen LogP) is 0.851. The van der Waals surface area contributed by atoms with Crippen LogP contribution in [0.25, 0.3) is 0 Å². The zero-order chi connectivity index (χ0) is 13.3. The zero-order valence-electron chi connectivity index (χ0n) is 10.5. The lowest BCUT2D eigenvalue weighted by atomic mass is 10.2. The smallest absolute Gasteiger partial charge is 0.255 e. The molecule has 0 bridgehead atoms. The highest BCUT2D eigenvalue weighted by atomic mass is 19.3. The van der Waals surface area contributed by atoms with Crippen molar-refractivity contribution in [2.75, 3.05) is 26.2 Å². The van der Waals surface area contributed by atoms with Gasteiger partial charge in [-0.25, -0.2) is 8.78 Å². The van der Waals surface area contributed by atoms with E-state index in [0.29, 0.717) is 19.0 Å². The summed E-state index contributed by atoms with van der Waals surface area (Å²) in [7, 11) is 0. The van der Waals surface area contributed by atoms with Crippen molar-refractivity contribution in [1.82, 2.24) is 10.2 Å². The molecule has 0 saturated heterocycles. The Morgan fingerprint density at radius 2 is 2.06 bits per heavy atom. The number of rotatable bonds is 9. The largest absolute Gasteiger partial charge is 0.395 e. The van der Waals surface area contributed by atoms with Gasteiger partial charge in [0.15, 0.2) is 0 Å². The fraction of sp³-hybridized carbons (Fsp3) is 0.909. The van der Waals surface area contributed by atoms with E-state index in [9.17, 15) is 13.6 Å². The third-order valence-electron chi connectivity index (χ3n) is 2.20. The van der Waals surface area contributed by atoms with Crippen molar-refractivity contribution < 1.29 is 18.7 Å². The number of carbonyl (C=O) groups is 1. The van der Waals surface area contributed by atoms with Crippen LogP contribution in [0.4, 0.5) is 8.78 Å². The molecule has 0 atom stereocenters. The normalized spacial score (nSPS) is 11.2. The Labute approximate surface area is 101 Å². The summed E-state index contributed by atoms with van der Waals surface area (Å²) in [5.74, 6) is -0.329. The lowest BCUT2D eigenvalue weighted by molar-refractivity contribution is -0.133. The maximum Gasteiger partial charge on any atom is 0.255 e. The van der Waals surface area contributed by atoms with Gasteiger partial charge in [0.2, 0.25) is 5.91 Å². The van der Waals surface area contributed by atoms with Gasteiger partial charge in [-0.1, -0.05) is 13.8 Å². The van der Waals surface area contributed by atoms with E-state index in [1.54, 1.807) is 0 Å². The molecule has 0 saturated carbocycles. The molecule has 0 heterocycles. The molecule has 0 aromatic rings. The van der Waals surface area contributed by atoms with Gasteiger partial charge in [0.05, 0.1) is 13.2 Å². The fourth-order valence-corrected chi connectivity index (χ4v) is 1.39. The maximum absolute atomic E-state index is 12.2. The lowest BCUT2D eigenvalue weighted by Crippen LogP contribution is -2.37. The molecule has 0 aliphatic rings. The molecule has 6 heteroatoms. The lowest BCUT2D eigenvalue weighted by Gasteiger charge is -2.21. The minimum atomic E-state index is -2.56. The van der Waals surface area contributed by atoms with Crippen molar-refractivity contribution in [3.63, 3.8) is 0 Å². The minimum absolute atomic E-state index is 0.0270. The van der Waals surface area contributed by atoms with Crippen LogP contribution in [-0.2, 0) is 4.79 Å². The first kappa shape index (κ1) is 16.2. The fourth-order valence-electron chi connectivity index (χ4n) is 1.39. The number of aliphatic hydroxyl groups is 1. The van der Waals surface area contributed by atoms with E-state index < -0.39 is 13.0 Å². The first-order valence-corrected chi connectivity index (χ1v) is 5.87. The number of carbonyl (C=O) groups excluding carboxylic acids is 1. The van der Waals surface area contributed by atoms with Crippen LogP contribution in [0.5, 0.6) is 0 Å². The van der Waals surface area contributed by atoms with Gasteiger partial charge in [0.25, 0.3) is 6.43 Å². The highest BCUT2D eigenvalue weighted by Gasteiger charge is 2.16. The highest BCUT2D eigenvalue weighted by molar-refractivity contribution is 5.76. The van der Waals surface area contributed by atoms with Gasteiger partial charge in [-0.05, 0) is 13.0 Å². The van der Waals surface area contributed by atoms with E-state index >= 15 is 0 Å². The third-order valence-corrected chi connectivity index (χ3v) is 2.20. The molecule has 0 aliphatic heterocycles. The van der Waals surface area contributed by atoms with Crippen molar-refractivity contribution in [1.29, 1.82) is 0 Å². The quantitative estimate of drug-likeness (QED) is 0.598. The van der Waals surface area contributed by atoms with Gasteiger partial charge in [-0.2, -0.15) is 0 Å². The molecular weight excluding hydrogens is 230 g/mol. The second kappa shape index (κ2) is 9.30. The number of halogens is 2. The van der Waals surface area contributed by atoms with Gasteiger partial charge in [-0.3, -0.25) is 4.79 Å². The van der Waals surface area contributed by atoms with Crippen molar-refractivity contribution in [2.45, 2.75) is 39.2 Å². The molecular formula is C11H22F2N2O2. The summed E-state index contributed by atoms with van der Waals surface area (Å²) in [6, 6.07) is 0.347. The topological polar surface area (TPSA) is 52.6 Å². The number of nitrogens with one attached hydrogen (secondary N) is 1. The van der Waals surface area contributed by atoms with Crippen LogP contribution < -0.4 is 5.32 Å².